The minimum absolute atomic E-state index is 0.140. The molecule has 2 rings (SSSR count). The van der Waals surface area contributed by atoms with Gasteiger partial charge in [0, 0.05) is 0 Å². The summed E-state index contributed by atoms with van der Waals surface area (Å²) in [4.78, 5) is 3.32. The lowest BCUT2D eigenvalue weighted by Gasteiger charge is -2.03. The summed E-state index contributed by atoms with van der Waals surface area (Å²) in [6.07, 6.45) is 1.39. The van der Waals surface area contributed by atoms with E-state index in [-0.39, 0.29) is 9.92 Å². The van der Waals surface area contributed by atoms with Crippen molar-refractivity contribution in [3.05, 3.63) is 82.2 Å². The monoisotopic (exact) mass is 283 g/mol. The Kier molecular flexibility index (Phi) is 4.02. The molecule has 4 heteroatoms. The zero-order valence-electron chi connectivity index (χ0n) is 10.9. The number of sulfone groups is 1. The van der Waals surface area contributed by atoms with Crippen molar-refractivity contribution in [3.8, 4) is 0 Å². The van der Waals surface area contributed by atoms with Gasteiger partial charge in [0.15, 0.2) is 0 Å². The molecule has 0 bridgehead atoms. The quantitative estimate of drug-likeness (QED) is 0.806. The fourth-order valence-electron chi connectivity index (χ4n) is 1.70. The summed E-state index contributed by atoms with van der Waals surface area (Å²) in [6, 6.07) is 15.4. The van der Waals surface area contributed by atoms with Gasteiger partial charge in [0.1, 0.15) is 0 Å². The van der Waals surface area contributed by atoms with Crippen molar-refractivity contribution in [2.45, 2.75) is 11.8 Å². The van der Waals surface area contributed by atoms with E-state index in [4.69, 9.17) is 6.57 Å². The molecule has 0 aliphatic heterocycles. The third kappa shape index (κ3) is 2.95. The molecule has 0 spiro atoms. The average molecular weight is 283 g/mol. The summed E-state index contributed by atoms with van der Waals surface area (Å²) in [5.74, 6) is 0. The third-order valence-electron chi connectivity index (χ3n) is 2.81. The zero-order valence-corrected chi connectivity index (χ0v) is 11.8. The molecule has 0 unspecified atom stereocenters. The number of hydrogen-bond donors (Lipinski definition) is 0. The number of aryl methyl sites for hydroxylation is 1. The molecule has 0 radical (unpaired) electrons. The molecule has 0 fully saturated rings. The molecule has 0 aromatic heterocycles. The van der Waals surface area contributed by atoms with Crippen molar-refractivity contribution in [3.63, 3.8) is 0 Å². The van der Waals surface area contributed by atoms with Crippen LogP contribution in [0.2, 0.25) is 0 Å². The fraction of sp³-hybridized carbons (Fsp3) is 0.0625. The highest BCUT2D eigenvalue weighted by Gasteiger charge is 2.21. The van der Waals surface area contributed by atoms with Gasteiger partial charge in [-0.3, -0.25) is 0 Å². The highest BCUT2D eigenvalue weighted by Crippen LogP contribution is 2.22. The summed E-state index contributed by atoms with van der Waals surface area (Å²) in [6.45, 7) is 9.01. The topological polar surface area (TPSA) is 38.5 Å². The van der Waals surface area contributed by atoms with Gasteiger partial charge >= 0.3 is 0 Å². The normalized spacial score (nSPS) is 11.9. The molecule has 0 aliphatic carbocycles. The Balaban J connectivity index is 2.49. The van der Waals surface area contributed by atoms with E-state index in [2.05, 4.69) is 4.85 Å². The van der Waals surface area contributed by atoms with Gasteiger partial charge in [-0.05, 0) is 30.7 Å². The van der Waals surface area contributed by atoms with Crippen molar-refractivity contribution in [2.75, 3.05) is 0 Å². The molecule has 0 atom stereocenters. The van der Waals surface area contributed by atoms with Gasteiger partial charge in [0.25, 0.3) is 5.03 Å². The summed E-state index contributed by atoms with van der Waals surface area (Å²) >= 11 is 0. The second-order valence-electron chi connectivity index (χ2n) is 4.32. The van der Waals surface area contributed by atoms with Gasteiger partial charge in [0.05, 0.1) is 11.5 Å². The maximum atomic E-state index is 12.4. The molecule has 0 saturated heterocycles. The third-order valence-corrected chi connectivity index (χ3v) is 4.46. The van der Waals surface area contributed by atoms with Crippen LogP contribution >= 0.6 is 0 Å². The van der Waals surface area contributed by atoms with E-state index in [1.54, 1.807) is 36.4 Å². The van der Waals surface area contributed by atoms with Crippen molar-refractivity contribution >= 4 is 15.9 Å². The first-order chi connectivity index (χ1) is 9.54. The summed E-state index contributed by atoms with van der Waals surface area (Å²) in [7, 11) is -3.76. The van der Waals surface area contributed by atoms with E-state index in [1.807, 2.05) is 13.0 Å². The highest BCUT2D eigenvalue weighted by molar-refractivity contribution is 7.95. The summed E-state index contributed by atoms with van der Waals surface area (Å²) < 4.78 is 24.8. The lowest BCUT2D eigenvalue weighted by atomic mass is 10.2. The molecule has 2 aromatic rings. The van der Waals surface area contributed by atoms with Crippen LogP contribution in [0, 0.1) is 13.5 Å². The van der Waals surface area contributed by atoms with E-state index in [9.17, 15) is 8.42 Å². The van der Waals surface area contributed by atoms with E-state index in [1.165, 1.54) is 18.2 Å². The first-order valence-corrected chi connectivity index (χ1v) is 7.48. The Hall–Kier alpha value is -2.38. The minimum atomic E-state index is -3.76. The Morgan fingerprint density at radius 3 is 2.20 bits per heavy atom. The smallest absolute Gasteiger partial charge is 0.230 e. The molecular weight excluding hydrogens is 270 g/mol. The summed E-state index contributed by atoms with van der Waals surface area (Å²) in [5.41, 5.74) is 1.66. The highest BCUT2D eigenvalue weighted by atomic mass is 32.2. The van der Waals surface area contributed by atoms with Crippen molar-refractivity contribution in [1.29, 1.82) is 0 Å². The molecule has 3 nitrogen and oxygen atoms in total. The van der Waals surface area contributed by atoms with Gasteiger partial charge in [-0.25, -0.2) is 13.3 Å². The van der Waals surface area contributed by atoms with Crippen LogP contribution in [0.15, 0.2) is 64.5 Å². The predicted octanol–water partition coefficient (Wildman–Crippen LogP) is 3.69. The molecular formula is C16H13NO2S. The van der Waals surface area contributed by atoms with Gasteiger partial charge in [0.2, 0.25) is 9.84 Å². The Morgan fingerprint density at radius 2 is 1.65 bits per heavy atom. The van der Waals surface area contributed by atoms with Gasteiger partial charge in [-0.2, -0.15) is 0 Å². The number of nitrogens with zero attached hydrogens (tertiary/aromatic N) is 1. The van der Waals surface area contributed by atoms with Crippen LogP contribution in [0.3, 0.4) is 0 Å². The standard InChI is InChI=1S/C16H13NO2S/c1-13-8-10-15(11-9-13)20(18,19)16(17-2)12-14-6-4-3-5-7-14/h3-12H,1H3/b16-12-. The van der Waals surface area contributed by atoms with Crippen LogP contribution in [0.25, 0.3) is 10.9 Å². The minimum Gasteiger partial charge on any atom is -0.230 e. The largest absolute Gasteiger partial charge is 0.283 e. The first kappa shape index (κ1) is 14.0. The maximum absolute atomic E-state index is 12.4. The van der Waals surface area contributed by atoms with Crippen LogP contribution < -0.4 is 0 Å². The Morgan fingerprint density at radius 1 is 1.05 bits per heavy atom. The molecule has 0 amide bonds. The summed E-state index contributed by atoms with van der Waals surface area (Å²) in [5, 5.41) is -0.271. The van der Waals surface area contributed by atoms with Crippen LogP contribution in [0.1, 0.15) is 11.1 Å². The predicted molar refractivity (Wildman–Crippen MR) is 79.4 cm³/mol. The van der Waals surface area contributed by atoms with Gasteiger partial charge in [-0.15, -0.1) is 0 Å². The SMILES string of the molecule is [C-]#[N+]/C(=C/c1ccccc1)S(=O)(=O)c1ccc(C)cc1. The average Bonchev–Trinajstić information content (AvgIpc) is 2.46. The van der Waals surface area contributed by atoms with Crippen molar-refractivity contribution in [1.82, 2.24) is 0 Å². The molecule has 0 N–H and O–H groups in total. The molecule has 2 aromatic carbocycles. The molecule has 0 aliphatic rings. The van der Waals surface area contributed by atoms with E-state index >= 15 is 0 Å². The molecule has 0 saturated carbocycles. The number of benzene rings is 2. The Bertz CT molecular complexity index is 767. The van der Waals surface area contributed by atoms with E-state index < -0.39 is 9.84 Å². The fourth-order valence-corrected chi connectivity index (χ4v) is 2.85. The number of rotatable bonds is 3. The van der Waals surface area contributed by atoms with Crippen LogP contribution in [-0.2, 0) is 9.84 Å². The number of hydrogen-bond acceptors (Lipinski definition) is 2. The molecule has 0 heterocycles. The molecule has 100 valence electrons. The maximum Gasteiger partial charge on any atom is 0.283 e. The lowest BCUT2D eigenvalue weighted by molar-refractivity contribution is 0.603. The second kappa shape index (κ2) is 5.72. The molecule has 20 heavy (non-hydrogen) atoms. The van der Waals surface area contributed by atoms with Crippen molar-refractivity contribution in [2.24, 2.45) is 0 Å². The van der Waals surface area contributed by atoms with E-state index in [0.29, 0.717) is 5.56 Å². The van der Waals surface area contributed by atoms with Gasteiger partial charge in [-0.1, -0.05) is 48.0 Å². The van der Waals surface area contributed by atoms with Crippen LogP contribution in [-0.4, -0.2) is 8.42 Å². The first-order valence-electron chi connectivity index (χ1n) is 6.00. The van der Waals surface area contributed by atoms with Crippen molar-refractivity contribution < 1.29 is 8.42 Å². The van der Waals surface area contributed by atoms with Gasteiger partial charge < -0.3 is 0 Å². The Labute approximate surface area is 118 Å². The lowest BCUT2D eigenvalue weighted by Crippen LogP contribution is -2.02. The zero-order chi connectivity index (χ0) is 14.6. The van der Waals surface area contributed by atoms with Crippen LogP contribution in [0.5, 0.6) is 0 Å². The van der Waals surface area contributed by atoms with E-state index in [0.717, 1.165) is 5.56 Å². The second-order valence-corrected chi connectivity index (χ2v) is 6.22. The van der Waals surface area contributed by atoms with Crippen LogP contribution in [0.4, 0.5) is 0 Å².